The molecule has 1 heterocycles. The molecule has 0 bridgehead atoms. The van der Waals surface area contributed by atoms with Gasteiger partial charge >= 0.3 is 0 Å². The Morgan fingerprint density at radius 1 is 1.03 bits per heavy atom. The smallest absolute Gasteiger partial charge is 0.264 e. The van der Waals surface area contributed by atoms with Gasteiger partial charge in [-0.25, -0.2) is 18.1 Å². The van der Waals surface area contributed by atoms with Gasteiger partial charge in [-0.2, -0.15) is 5.10 Å². The van der Waals surface area contributed by atoms with Gasteiger partial charge in [-0.3, -0.25) is 9.10 Å². The van der Waals surface area contributed by atoms with Gasteiger partial charge in [-0.1, -0.05) is 36.4 Å². The Labute approximate surface area is 204 Å². The van der Waals surface area contributed by atoms with Crippen molar-refractivity contribution < 1.29 is 17.9 Å². The molecule has 0 saturated carbocycles. The van der Waals surface area contributed by atoms with Crippen LogP contribution in [0.25, 0.3) is 0 Å². The monoisotopic (exact) mass is 491 g/mol. The molecule has 0 aliphatic rings. The zero-order valence-electron chi connectivity index (χ0n) is 19.3. The standard InChI is InChI=1S/C25H25N5O4S/c1-29(23-8-3-4-9-24(23)34-2)35(32,33)22-12-10-21(11-13-22)25(31)27-15-19-6-5-7-20(14-19)16-30-18-26-17-28-30/h3-14,17-18H,15-16H2,1-2H3,(H,27,31). The highest BCUT2D eigenvalue weighted by molar-refractivity contribution is 7.92. The van der Waals surface area contributed by atoms with Crippen LogP contribution >= 0.6 is 0 Å². The number of rotatable bonds is 9. The van der Waals surface area contributed by atoms with Crippen LogP contribution in [0, 0.1) is 0 Å². The summed E-state index contributed by atoms with van der Waals surface area (Å²) in [6.45, 7) is 0.918. The minimum absolute atomic E-state index is 0.0725. The number of ether oxygens (including phenoxy) is 1. The summed E-state index contributed by atoms with van der Waals surface area (Å²) in [5.41, 5.74) is 2.76. The van der Waals surface area contributed by atoms with Crippen LogP contribution in [-0.2, 0) is 23.1 Å². The maximum absolute atomic E-state index is 13.1. The Kier molecular flexibility index (Phi) is 7.11. The number of nitrogens with zero attached hydrogens (tertiary/aromatic N) is 4. The van der Waals surface area contributed by atoms with Gasteiger partial charge in [0.05, 0.1) is 24.2 Å². The van der Waals surface area contributed by atoms with Crippen LogP contribution in [0.3, 0.4) is 0 Å². The van der Waals surface area contributed by atoms with Crippen molar-refractivity contribution in [1.82, 2.24) is 20.1 Å². The van der Waals surface area contributed by atoms with E-state index >= 15 is 0 Å². The molecule has 1 N–H and O–H groups in total. The molecule has 0 unspecified atom stereocenters. The third-order valence-electron chi connectivity index (χ3n) is 5.45. The molecule has 0 spiro atoms. The molecule has 0 fully saturated rings. The summed E-state index contributed by atoms with van der Waals surface area (Å²) in [6, 6.07) is 20.5. The Morgan fingerprint density at radius 2 is 1.77 bits per heavy atom. The fraction of sp³-hybridized carbons (Fsp3) is 0.160. The summed E-state index contributed by atoms with van der Waals surface area (Å²) < 4.78 is 34.4. The van der Waals surface area contributed by atoms with Gasteiger partial charge < -0.3 is 10.1 Å². The largest absolute Gasteiger partial charge is 0.495 e. The van der Waals surface area contributed by atoms with Crippen molar-refractivity contribution >= 4 is 21.6 Å². The molecule has 0 saturated heterocycles. The number of carbonyl (C=O) groups is 1. The van der Waals surface area contributed by atoms with Crippen LogP contribution in [0.4, 0.5) is 5.69 Å². The number of amides is 1. The molecule has 0 atom stereocenters. The van der Waals surface area contributed by atoms with E-state index in [0.717, 1.165) is 15.4 Å². The second-order valence-corrected chi connectivity index (χ2v) is 9.73. The number of methoxy groups -OCH3 is 1. The fourth-order valence-corrected chi connectivity index (χ4v) is 4.79. The van der Waals surface area contributed by atoms with Crippen LogP contribution < -0.4 is 14.4 Å². The number of carbonyl (C=O) groups excluding carboxylic acids is 1. The second kappa shape index (κ2) is 10.4. The van der Waals surface area contributed by atoms with Crippen molar-refractivity contribution in [1.29, 1.82) is 0 Å². The van der Waals surface area contributed by atoms with E-state index in [0.29, 0.717) is 30.1 Å². The predicted octanol–water partition coefficient (Wildman–Crippen LogP) is 3.09. The molecule has 0 aliphatic heterocycles. The molecule has 35 heavy (non-hydrogen) atoms. The molecule has 9 nitrogen and oxygen atoms in total. The van der Waals surface area contributed by atoms with Gasteiger partial charge in [-0.15, -0.1) is 0 Å². The SMILES string of the molecule is COc1ccccc1N(C)S(=O)(=O)c1ccc(C(=O)NCc2cccc(Cn3cncn3)c2)cc1. The third kappa shape index (κ3) is 5.49. The van der Waals surface area contributed by atoms with Crippen LogP contribution in [0.5, 0.6) is 5.75 Å². The van der Waals surface area contributed by atoms with E-state index in [1.165, 1.54) is 44.8 Å². The van der Waals surface area contributed by atoms with E-state index in [1.807, 2.05) is 24.3 Å². The van der Waals surface area contributed by atoms with Gasteiger partial charge in [0.1, 0.15) is 18.4 Å². The first-order chi connectivity index (χ1) is 16.9. The summed E-state index contributed by atoms with van der Waals surface area (Å²) >= 11 is 0. The maximum atomic E-state index is 13.1. The van der Waals surface area contributed by atoms with Gasteiger partial charge in [0.15, 0.2) is 0 Å². The summed E-state index contributed by atoms with van der Waals surface area (Å²) in [4.78, 5) is 16.7. The molecule has 0 aliphatic carbocycles. The first-order valence-corrected chi connectivity index (χ1v) is 12.2. The van der Waals surface area contributed by atoms with E-state index in [2.05, 4.69) is 15.4 Å². The quantitative estimate of drug-likeness (QED) is 0.386. The lowest BCUT2D eigenvalue weighted by Crippen LogP contribution is -2.27. The molecule has 0 radical (unpaired) electrons. The van der Waals surface area contributed by atoms with Crippen LogP contribution in [0.1, 0.15) is 21.5 Å². The Bertz CT molecular complexity index is 1400. The van der Waals surface area contributed by atoms with E-state index in [-0.39, 0.29) is 10.8 Å². The third-order valence-corrected chi connectivity index (χ3v) is 7.24. The van der Waals surface area contributed by atoms with E-state index in [1.54, 1.807) is 35.3 Å². The fourth-order valence-electron chi connectivity index (χ4n) is 3.58. The molecular formula is C25H25N5O4S. The molecule has 10 heteroatoms. The number of anilines is 1. The van der Waals surface area contributed by atoms with Crippen LogP contribution in [0.2, 0.25) is 0 Å². The zero-order valence-corrected chi connectivity index (χ0v) is 20.1. The lowest BCUT2D eigenvalue weighted by molar-refractivity contribution is 0.0951. The van der Waals surface area contributed by atoms with Crippen LogP contribution in [0.15, 0.2) is 90.3 Å². The topological polar surface area (TPSA) is 106 Å². The lowest BCUT2D eigenvalue weighted by atomic mass is 10.1. The average molecular weight is 492 g/mol. The van der Waals surface area contributed by atoms with E-state index in [4.69, 9.17) is 4.74 Å². The number of benzene rings is 3. The summed E-state index contributed by atoms with van der Waals surface area (Å²) in [5.74, 6) is 0.147. The van der Waals surface area contributed by atoms with Gasteiger partial charge in [0.25, 0.3) is 15.9 Å². The van der Waals surface area contributed by atoms with E-state index in [9.17, 15) is 13.2 Å². The summed E-state index contributed by atoms with van der Waals surface area (Å²) in [6.07, 6.45) is 3.13. The zero-order chi connectivity index (χ0) is 24.8. The number of hydrogen-bond acceptors (Lipinski definition) is 6. The lowest BCUT2D eigenvalue weighted by Gasteiger charge is -2.21. The van der Waals surface area contributed by atoms with Crippen molar-refractivity contribution in [2.45, 2.75) is 18.0 Å². The van der Waals surface area contributed by atoms with Crippen LogP contribution in [-0.4, -0.2) is 43.2 Å². The molecule has 4 aromatic rings. The number of nitrogens with one attached hydrogen (secondary N) is 1. The van der Waals surface area contributed by atoms with Crippen molar-refractivity contribution in [3.8, 4) is 5.75 Å². The first-order valence-electron chi connectivity index (χ1n) is 10.8. The summed E-state index contributed by atoms with van der Waals surface area (Å²) in [5, 5.41) is 6.97. The van der Waals surface area contributed by atoms with Crippen molar-refractivity contribution in [2.75, 3.05) is 18.5 Å². The van der Waals surface area contributed by atoms with E-state index < -0.39 is 10.0 Å². The summed E-state index contributed by atoms with van der Waals surface area (Å²) in [7, 11) is -0.890. The molecule has 1 aromatic heterocycles. The first kappa shape index (κ1) is 24.0. The highest BCUT2D eigenvalue weighted by atomic mass is 32.2. The maximum Gasteiger partial charge on any atom is 0.264 e. The van der Waals surface area contributed by atoms with Gasteiger partial charge in [0, 0.05) is 19.2 Å². The molecule has 1 amide bonds. The predicted molar refractivity (Wildman–Crippen MR) is 132 cm³/mol. The van der Waals surface area contributed by atoms with Crippen molar-refractivity contribution in [3.05, 3.63) is 102 Å². The highest BCUT2D eigenvalue weighted by Crippen LogP contribution is 2.30. The average Bonchev–Trinajstić information content (AvgIpc) is 3.40. The number of aromatic nitrogens is 3. The highest BCUT2D eigenvalue weighted by Gasteiger charge is 2.24. The van der Waals surface area contributed by atoms with Crippen molar-refractivity contribution in [2.24, 2.45) is 0 Å². The minimum Gasteiger partial charge on any atom is -0.495 e. The van der Waals surface area contributed by atoms with Gasteiger partial charge in [-0.05, 0) is 47.5 Å². The number of para-hydroxylation sites is 2. The number of hydrogen-bond donors (Lipinski definition) is 1. The normalized spacial score (nSPS) is 11.1. The molecule has 180 valence electrons. The Balaban J connectivity index is 1.42. The second-order valence-electron chi connectivity index (χ2n) is 7.76. The molecular weight excluding hydrogens is 466 g/mol. The minimum atomic E-state index is -3.84. The molecule has 4 rings (SSSR count). The van der Waals surface area contributed by atoms with Crippen molar-refractivity contribution in [3.63, 3.8) is 0 Å². The molecule has 3 aromatic carbocycles. The number of sulfonamides is 1. The Morgan fingerprint density at radius 3 is 2.49 bits per heavy atom. The Hall–Kier alpha value is -4.18. The van der Waals surface area contributed by atoms with Gasteiger partial charge in [0.2, 0.25) is 0 Å².